The molecule has 1 aromatic carbocycles. The largest absolute Gasteiger partial charge is 0.332 e. The first-order valence-corrected chi connectivity index (χ1v) is 7.43. The molecule has 0 aromatic heterocycles. The number of allylic oxidation sites excluding steroid dienone is 1. The summed E-state index contributed by atoms with van der Waals surface area (Å²) in [6.07, 6.45) is 3.78. The van der Waals surface area contributed by atoms with Crippen LogP contribution >= 0.6 is 7.60 Å². The zero-order valence-corrected chi connectivity index (χ0v) is 11.1. The summed E-state index contributed by atoms with van der Waals surface area (Å²) in [5.41, 5.74) is 0.811. The van der Waals surface area contributed by atoms with Gasteiger partial charge < -0.3 is 9.42 Å². The Hall–Kier alpha value is -0.890. The van der Waals surface area contributed by atoms with Crippen molar-refractivity contribution < 1.29 is 14.0 Å². The van der Waals surface area contributed by atoms with E-state index in [2.05, 4.69) is 0 Å². The van der Waals surface area contributed by atoms with Crippen LogP contribution in [0.15, 0.2) is 42.5 Å². The Morgan fingerprint density at radius 3 is 2.59 bits per heavy atom. The normalized spacial score (nSPS) is 15.3. The third-order valence-corrected chi connectivity index (χ3v) is 3.44. The Labute approximate surface area is 103 Å². The van der Waals surface area contributed by atoms with Gasteiger partial charge in [0.25, 0.3) is 0 Å². The number of benzene rings is 1. The van der Waals surface area contributed by atoms with Crippen LogP contribution in [0.4, 0.5) is 0 Å². The Balaban J connectivity index is 2.44. The molecule has 1 rings (SSSR count). The van der Waals surface area contributed by atoms with Gasteiger partial charge in [0.05, 0.1) is 12.8 Å². The zero-order chi connectivity index (χ0) is 12.7. The Bertz CT molecular complexity index is 398. The summed E-state index contributed by atoms with van der Waals surface area (Å²) >= 11 is 0. The van der Waals surface area contributed by atoms with Crippen LogP contribution in [-0.4, -0.2) is 11.5 Å². The fourth-order valence-electron chi connectivity index (χ4n) is 1.35. The molecule has 94 valence electrons. The second-order valence-electron chi connectivity index (χ2n) is 4.25. The summed E-state index contributed by atoms with van der Waals surface area (Å²) in [5.74, 6) is 0.422. The van der Waals surface area contributed by atoms with E-state index in [9.17, 15) is 9.46 Å². The second kappa shape index (κ2) is 6.75. The highest BCUT2D eigenvalue weighted by Gasteiger charge is 2.18. The highest BCUT2D eigenvalue weighted by Crippen LogP contribution is 2.45. The average Bonchev–Trinajstić information content (AvgIpc) is 2.25. The van der Waals surface area contributed by atoms with Gasteiger partial charge >= 0.3 is 7.60 Å². The molecule has 0 bridgehead atoms. The monoisotopic (exact) mass is 254 g/mol. The summed E-state index contributed by atoms with van der Waals surface area (Å²) in [5, 5.41) is 0. The minimum atomic E-state index is -3.53. The van der Waals surface area contributed by atoms with Gasteiger partial charge in [-0.15, -0.1) is 0 Å². The first-order valence-electron chi connectivity index (χ1n) is 5.66. The molecule has 0 amide bonds. The lowest BCUT2D eigenvalue weighted by molar-refractivity contribution is 0.285. The van der Waals surface area contributed by atoms with Gasteiger partial charge in [0.2, 0.25) is 0 Å². The van der Waals surface area contributed by atoms with Crippen molar-refractivity contribution in [1.82, 2.24) is 0 Å². The van der Waals surface area contributed by atoms with Crippen molar-refractivity contribution in [3.05, 3.63) is 48.0 Å². The minimum Gasteiger partial charge on any atom is -0.324 e. The van der Waals surface area contributed by atoms with Crippen LogP contribution in [0.2, 0.25) is 0 Å². The maximum atomic E-state index is 11.7. The van der Waals surface area contributed by atoms with E-state index < -0.39 is 7.60 Å². The van der Waals surface area contributed by atoms with Crippen molar-refractivity contribution in [3.63, 3.8) is 0 Å². The molecule has 0 spiro atoms. The van der Waals surface area contributed by atoms with Crippen LogP contribution in [0.3, 0.4) is 0 Å². The van der Waals surface area contributed by atoms with Crippen LogP contribution in [0.5, 0.6) is 0 Å². The molecule has 1 N–H and O–H groups in total. The van der Waals surface area contributed by atoms with E-state index in [4.69, 9.17) is 4.52 Å². The second-order valence-corrected chi connectivity index (χ2v) is 6.10. The number of hydrogen-bond acceptors (Lipinski definition) is 2. The lowest BCUT2D eigenvalue weighted by Gasteiger charge is -2.10. The molecule has 1 atom stereocenters. The maximum absolute atomic E-state index is 11.7. The summed E-state index contributed by atoms with van der Waals surface area (Å²) in [4.78, 5) is 9.63. The molecule has 0 aliphatic carbocycles. The van der Waals surface area contributed by atoms with E-state index in [0.29, 0.717) is 5.92 Å². The van der Waals surface area contributed by atoms with Crippen LogP contribution in [0, 0.1) is 5.92 Å². The van der Waals surface area contributed by atoms with E-state index in [0.717, 1.165) is 5.56 Å². The molecular formula is C13H19O3P. The lowest BCUT2D eigenvalue weighted by Crippen LogP contribution is -1.94. The van der Waals surface area contributed by atoms with Crippen LogP contribution < -0.4 is 0 Å². The van der Waals surface area contributed by atoms with Gasteiger partial charge in [-0.05, 0) is 11.5 Å². The molecule has 4 heteroatoms. The van der Waals surface area contributed by atoms with Crippen molar-refractivity contribution >= 4 is 7.60 Å². The van der Waals surface area contributed by atoms with Gasteiger partial charge in [-0.1, -0.05) is 56.3 Å². The molecule has 1 aromatic rings. The summed E-state index contributed by atoms with van der Waals surface area (Å²) < 4.78 is 16.7. The molecule has 0 aliphatic rings. The third-order valence-electron chi connectivity index (χ3n) is 2.12. The van der Waals surface area contributed by atoms with Crippen molar-refractivity contribution in [2.75, 3.05) is 6.61 Å². The molecule has 0 heterocycles. The average molecular weight is 254 g/mol. The van der Waals surface area contributed by atoms with Crippen LogP contribution in [-0.2, 0) is 15.3 Å². The quantitative estimate of drug-likeness (QED) is 0.623. The molecule has 17 heavy (non-hydrogen) atoms. The standard InChI is InChI=1S/C13H19O3P/c1-12(2)7-6-10-16-17(14,15)11-13-8-4-3-5-9-13/h3-9,12H,10-11H2,1-2H3,(H,14,15). The molecule has 0 saturated carbocycles. The summed E-state index contributed by atoms with van der Waals surface area (Å²) in [7, 11) is -3.53. The zero-order valence-electron chi connectivity index (χ0n) is 10.2. The van der Waals surface area contributed by atoms with Crippen molar-refractivity contribution in [2.45, 2.75) is 20.0 Å². The first kappa shape index (κ1) is 14.2. The molecule has 0 aliphatic heterocycles. The fourth-order valence-corrected chi connectivity index (χ4v) is 2.43. The van der Waals surface area contributed by atoms with Crippen LogP contribution in [0.25, 0.3) is 0 Å². The number of rotatable bonds is 6. The fraction of sp³-hybridized carbons (Fsp3) is 0.385. The topological polar surface area (TPSA) is 46.5 Å². The minimum absolute atomic E-state index is 0.0589. The first-order chi connectivity index (χ1) is 7.99. The smallest absolute Gasteiger partial charge is 0.324 e. The van der Waals surface area contributed by atoms with E-state index >= 15 is 0 Å². The van der Waals surface area contributed by atoms with Crippen LogP contribution in [0.1, 0.15) is 19.4 Å². The highest BCUT2D eigenvalue weighted by atomic mass is 31.2. The Kier molecular flexibility index (Phi) is 5.63. The van der Waals surface area contributed by atoms with Crippen molar-refractivity contribution in [3.8, 4) is 0 Å². The molecule has 3 nitrogen and oxygen atoms in total. The molecule has 0 radical (unpaired) electrons. The van der Waals surface area contributed by atoms with Gasteiger partial charge in [0.15, 0.2) is 0 Å². The van der Waals surface area contributed by atoms with E-state index in [-0.39, 0.29) is 12.8 Å². The number of hydrogen-bond donors (Lipinski definition) is 1. The van der Waals surface area contributed by atoms with E-state index in [1.165, 1.54) is 0 Å². The SMILES string of the molecule is CC(C)C=CCOP(=O)(O)Cc1ccccc1. The molecule has 0 saturated heterocycles. The Morgan fingerprint density at radius 2 is 2.00 bits per heavy atom. The van der Waals surface area contributed by atoms with Crippen molar-refractivity contribution in [2.24, 2.45) is 5.92 Å². The third kappa shape index (κ3) is 6.42. The molecule has 1 unspecified atom stereocenters. The maximum Gasteiger partial charge on any atom is 0.332 e. The predicted octanol–water partition coefficient (Wildman–Crippen LogP) is 3.60. The van der Waals surface area contributed by atoms with Gasteiger partial charge in [0.1, 0.15) is 0 Å². The predicted molar refractivity (Wildman–Crippen MR) is 69.9 cm³/mol. The molecular weight excluding hydrogens is 235 g/mol. The van der Waals surface area contributed by atoms with Crippen molar-refractivity contribution in [1.29, 1.82) is 0 Å². The van der Waals surface area contributed by atoms with Gasteiger partial charge in [-0.25, -0.2) is 0 Å². The van der Waals surface area contributed by atoms with E-state index in [1.54, 1.807) is 6.08 Å². The van der Waals surface area contributed by atoms with E-state index in [1.807, 2.05) is 50.3 Å². The Morgan fingerprint density at radius 1 is 1.35 bits per heavy atom. The van der Waals surface area contributed by atoms with Gasteiger partial charge in [0, 0.05) is 0 Å². The summed E-state index contributed by atoms with van der Waals surface area (Å²) in [6, 6.07) is 9.19. The lowest BCUT2D eigenvalue weighted by atomic mass is 10.2. The van der Waals surface area contributed by atoms with Gasteiger partial charge in [-0.3, -0.25) is 4.57 Å². The summed E-state index contributed by atoms with van der Waals surface area (Å²) in [6.45, 7) is 4.26. The molecule has 0 fully saturated rings. The van der Waals surface area contributed by atoms with Gasteiger partial charge in [-0.2, -0.15) is 0 Å². The highest BCUT2D eigenvalue weighted by molar-refractivity contribution is 7.51.